The van der Waals surface area contributed by atoms with Gasteiger partial charge in [0.25, 0.3) is 0 Å². The number of aromatic nitrogens is 2. The van der Waals surface area contributed by atoms with E-state index >= 15 is 0 Å². The van der Waals surface area contributed by atoms with Gasteiger partial charge in [0, 0.05) is 25.0 Å². The lowest BCUT2D eigenvalue weighted by Gasteiger charge is -2.17. The van der Waals surface area contributed by atoms with E-state index in [4.69, 9.17) is 5.73 Å². The highest BCUT2D eigenvalue weighted by Gasteiger charge is 2.14. The topological polar surface area (TPSA) is 63.8 Å². The molecule has 90 valence electrons. The van der Waals surface area contributed by atoms with Crippen LogP contribution in [-0.4, -0.2) is 22.6 Å². The average Bonchev–Trinajstić information content (AvgIpc) is 2.16. The molecule has 0 saturated heterocycles. The smallest absolute Gasteiger partial charge is 0.222 e. The molecule has 3 N–H and O–H groups in total. The van der Waals surface area contributed by atoms with Crippen LogP contribution in [0.5, 0.6) is 0 Å². The fraction of sp³-hybridized carbons (Fsp3) is 0.667. The van der Waals surface area contributed by atoms with E-state index in [1.54, 1.807) is 0 Å². The number of hydrogen-bond acceptors (Lipinski definition) is 4. The van der Waals surface area contributed by atoms with E-state index in [2.05, 4.69) is 36.1 Å². The third-order valence-electron chi connectivity index (χ3n) is 2.40. The van der Waals surface area contributed by atoms with Crippen molar-refractivity contribution in [3.63, 3.8) is 0 Å². The van der Waals surface area contributed by atoms with Crippen LogP contribution in [0.2, 0.25) is 0 Å². The molecule has 0 aliphatic rings. The van der Waals surface area contributed by atoms with Gasteiger partial charge in [-0.25, -0.2) is 9.97 Å². The van der Waals surface area contributed by atoms with Gasteiger partial charge >= 0.3 is 0 Å². The molecular weight excluding hydrogens is 200 g/mol. The Kier molecular flexibility index (Phi) is 4.24. The van der Waals surface area contributed by atoms with Crippen LogP contribution in [-0.2, 0) is 5.41 Å². The van der Waals surface area contributed by atoms with Gasteiger partial charge < -0.3 is 11.1 Å². The molecule has 0 radical (unpaired) electrons. The summed E-state index contributed by atoms with van der Waals surface area (Å²) in [5.74, 6) is 0.675. The zero-order valence-electron chi connectivity index (χ0n) is 10.6. The molecule has 0 aliphatic carbocycles. The first-order valence-electron chi connectivity index (χ1n) is 5.71. The largest absolute Gasteiger partial charge is 0.354 e. The van der Waals surface area contributed by atoms with Crippen molar-refractivity contribution < 1.29 is 0 Å². The SMILES string of the molecule is CC(N)CCNc1ncc(C(C)(C)C)cn1. The number of nitrogens with two attached hydrogens (primary N) is 1. The van der Waals surface area contributed by atoms with Crippen molar-refractivity contribution in [3.8, 4) is 0 Å². The summed E-state index contributed by atoms with van der Waals surface area (Å²) in [7, 11) is 0. The predicted molar refractivity (Wildman–Crippen MR) is 67.5 cm³/mol. The van der Waals surface area contributed by atoms with Crippen LogP contribution >= 0.6 is 0 Å². The number of nitrogens with zero attached hydrogens (tertiary/aromatic N) is 2. The van der Waals surface area contributed by atoms with E-state index in [1.807, 2.05) is 19.3 Å². The molecule has 0 aliphatic heterocycles. The number of rotatable bonds is 4. The van der Waals surface area contributed by atoms with Crippen molar-refractivity contribution in [1.29, 1.82) is 0 Å². The predicted octanol–water partition coefficient (Wildman–Crippen LogP) is 1.92. The summed E-state index contributed by atoms with van der Waals surface area (Å²) >= 11 is 0. The minimum atomic E-state index is 0.101. The first-order valence-corrected chi connectivity index (χ1v) is 5.71. The average molecular weight is 222 g/mol. The van der Waals surface area contributed by atoms with Gasteiger partial charge in [-0.2, -0.15) is 0 Å². The third-order valence-corrected chi connectivity index (χ3v) is 2.40. The van der Waals surface area contributed by atoms with E-state index in [1.165, 1.54) is 0 Å². The van der Waals surface area contributed by atoms with Crippen LogP contribution in [0.3, 0.4) is 0 Å². The van der Waals surface area contributed by atoms with Crippen LogP contribution in [0, 0.1) is 0 Å². The van der Waals surface area contributed by atoms with E-state index in [-0.39, 0.29) is 11.5 Å². The second kappa shape index (κ2) is 5.25. The van der Waals surface area contributed by atoms with Crippen molar-refractivity contribution in [2.45, 2.75) is 45.6 Å². The monoisotopic (exact) mass is 222 g/mol. The van der Waals surface area contributed by atoms with Crippen LogP contribution < -0.4 is 11.1 Å². The van der Waals surface area contributed by atoms with Gasteiger partial charge in [0.2, 0.25) is 5.95 Å². The van der Waals surface area contributed by atoms with E-state index in [0.29, 0.717) is 5.95 Å². The molecule has 0 spiro atoms. The molecule has 1 atom stereocenters. The van der Waals surface area contributed by atoms with Gasteiger partial charge in [-0.1, -0.05) is 20.8 Å². The molecule has 0 saturated carbocycles. The number of hydrogen-bond donors (Lipinski definition) is 2. The van der Waals surface area contributed by atoms with Crippen molar-refractivity contribution >= 4 is 5.95 Å². The van der Waals surface area contributed by atoms with Gasteiger partial charge in [0.1, 0.15) is 0 Å². The molecular formula is C12H22N4. The lowest BCUT2D eigenvalue weighted by atomic mass is 9.89. The molecule has 0 amide bonds. The summed E-state index contributed by atoms with van der Waals surface area (Å²) in [5, 5.41) is 3.15. The van der Waals surface area contributed by atoms with E-state index in [9.17, 15) is 0 Å². The van der Waals surface area contributed by atoms with Crippen molar-refractivity contribution in [2.75, 3.05) is 11.9 Å². The maximum absolute atomic E-state index is 5.66. The quantitative estimate of drug-likeness (QED) is 0.817. The number of nitrogens with one attached hydrogen (secondary N) is 1. The van der Waals surface area contributed by atoms with Crippen LogP contribution in [0.4, 0.5) is 5.95 Å². The Morgan fingerprint density at radius 1 is 1.31 bits per heavy atom. The zero-order valence-corrected chi connectivity index (χ0v) is 10.6. The molecule has 1 aromatic heterocycles. The van der Waals surface area contributed by atoms with E-state index in [0.717, 1.165) is 18.5 Å². The minimum Gasteiger partial charge on any atom is -0.354 e. The molecule has 0 aromatic carbocycles. The molecule has 4 nitrogen and oxygen atoms in total. The Hall–Kier alpha value is -1.16. The standard InChI is InChI=1S/C12H22N4/c1-9(13)5-6-14-11-15-7-10(8-16-11)12(2,3)4/h7-9H,5-6,13H2,1-4H3,(H,14,15,16). The van der Waals surface area contributed by atoms with Crippen molar-refractivity contribution in [1.82, 2.24) is 9.97 Å². The molecule has 1 unspecified atom stereocenters. The summed E-state index contributed by atoms with van der Waals surface area (Å²) in [6.07, 6.45) is 4.67. The lowest BCUT2D eigenvalue weighted by molar-refractivity contribution is 0.584. The Morgan fingerprint density at radius 3 is 2.31 bits per heavy atom. The van der Waals surface area contributed by atoms with Gasteiger partial charge in [-0.3, -0.25) is 0 Å². The summed E-state index contributed by atoms with van der Waals surface area (Å²) in [6.45, 7) is 9.25. The van der Waals surface area contributed by atoms with Crippen LogP contribution in [0.1, 0.15) is 39.7 Å². The highest BCUT2D eigenvalue weighted by atomic mass is 15.1. The molecule has 0 bridgehead atoms. The van der Waals surface area contributed by atoms with Crippen molar-refractivity contribution in [2.24, 2.45) is 5.73 Å². The molecule has 1 rings (SSSR count). The van der Waals surface area contributed by atoms with Gasteiger partial charge in [-0.15, -0.1) is 0 Å². The number of anilines is 1. The van der Waals surface area contributed by atoms with Gasteiger partial charge in [0.15, 0.2) is 0 Å². The second-order valence-electron chi connectivity index (χ2n) is 5.24. The van der Waals surface area contributed by atoms with Crippen molar-refractivity contribution in [3.05, 3.63) is 18.0 Å². The van der Waals surface area contributed by atoms with Crippen LogP contribution in [0.25, 0.3) is 0 Å². The summed E-state index contributed by atoms with van der Waals surface area (Å²) < 4.78 is 0. The lowest BCUT2D eigenvalue weighted by Crippen LogP contribution is -2.20. The van der Waals surface area contributed by atoms with Gasteiger partial charge in [0.05, 0.1) is 0 Å². The maximum atomic E-state index is 5.66. The zero-order chi connectivity index (χ0) is 12.2. The maximum Gasteiger partial charge on any atom is 0.222 e. The molecule has 1 heterocycles. The minimum absolute atomic E-state index is 0.101. The summed E-state index contributed by atoms with van der Waals surface area (Å²) in [6, 6.07) is 0.210. The highest BCUT2D eigenvalue weighted by molar-refractivity contribution is 5.26. The first kappa shape index (κ1) is 12.9. The fourth-order valence-electron chi connectivity index (χ4n) is 1.22. The molecule has 0 fully saturated rings. The highest BCUT2D eigenvalue weighted by Crippen LogP contribution is 2.20. The Balaban J connectivity index is 2.52. The Labute approximate surface area is 97.7 Å². The third kappa shape index (κ3) is 4.14. The Bertz CT molecular complexity index is 311. The molecule has 1 aromatic rings. The van der Waals surface area contributed by atoms with Gasteiger partial charge in [-0.05, 0) is 24.3 Å². The molecule has 16 heavy (non-hydrogen) atoms. The van der Waals surface area contributed by atoms with Crippen LogP contribution in [0.15, 0.2) is 12.4 Å². The van der Waals surface area contributed by atoms with E-state index < -0.39 is 0 Å². The summed E-state index contributed by atoms with van der Waals surface area (Å²) in [5.41, 5.74) is 6.90. The molecule has 4 heteroatoms. The first-order chi connectivity index (χ1) is 7.39. The Morgan fingerprint density at radius 2 is 1.88 bits per heavy atom. The summed E-state index contributed by atoms with van der Waals surface area (Å²) in [4.78, 5) is 8.56. The fourth-order valence-corrected chi connectivity index (χ4v) is 1.22. The normalized spacial score (nSPS) is 13.6. The second-order valence-corrected chi connectivity index (χ2v) is 5.24.